The van der Waals surface area contributed by atoms with Gasteiger partial charge in [0.25, 0.3) is 5.91 Å². The summed E-state index contributed by atoms with van der Waals surface area (Å²) in [5, 5.41) is 21.2. The maximum absolute atomic E-state index is 12.2. The molecule has 0 aliphatic rings. The number of aromatic amines is 1. The van der Waals surface area contributed by atoms with Crippen LogP contribution in [0.2, 0.25) is 10.0 Å². The molecule has 1 aromatic heterocycles. The van der Waals surface area contributed by atoms with Gasteiger partial charge in [-0.1, -0.05) is 41.4 Å². The molecule has 0 bridgehead atoms. The number of phenolic OH excluding ortho intramolecular Hbond substituents is 1. The highest BCUT2D eigenvalue weighted by atomic mass is 35.5. The lowest BCUT2D eigenvalue weighted by molar-refractivity contribution is 0.0950. The summed E-state index contributed by atoms with van der Waals surface area (Å²) in [6.07, 6.45) is 0. The molecule has 1 amide bonds. The van der Waals surface area contributed by atoms with E-state index in [2.05, 4.69) is 20.7 Å². The van der Waals surface area contributed by atoms with Gasteiger partial charge in [-0.3, -0.25) is 9.89 Å². The molecule has 26 heavy (non-hydrogen) atoms. The van der Waals surface area contributed by atoms with Crippen LogP contribution in [0, 0.1) is 0 Å². The highest BCUT2D eigenvalue weighted by molar-refractivity contribution is 6.42. The van der Waals surface area contributed by atoms with Gasteiger partial charge in [0.2, 0.25) is 0 Å². The van der Waals surface area contributed by atoms with E-state index in [1.54, 1.807) is 55.5 Å². The number of benzene rings is 2. The third kappa shape index (κ3) is 4.04. The Hall–Kier alpha value is -2.83. The van der Waals surface area contributed by atoms with Gasteiger partial charge in [0.05, 0.1) is 21.5 Å². The number of carbonyl (C=O) groups excluding carboxylic acids is 1. The molecule has 0 radical (unpaired) electrons. The Bertz CT molecular complexity index is 998. The van der Waals surface area contributed by atoms with Crippen LogP contribution in [0.5, 0.6) is 5.75 Å². The fourth-order valence-corrected chi connectivity index (χ4v) is 2.53. The molecule has 1 heterocycles. The molecule has 0 unspecified atom stereocenters. The van der Waals surface area contributed by atoms with Crippen molar-refractivity contribution < 1.29 is 9.90 Å². The average Bonchev–Trinajstić information content (AvgIpc) is 3.12. The van der Waals surface area contributed by atoms with Crippen LogP contribution in [-0.2, 0) is 0 Å². The number of nitrogens with one attached hydrogen (secondary N) is 2. The van der Waals surface area contributed by atoms with Gasteiger partial charge in [-0.2, -0.15) is 10.2 Å². The monoisotopic (exact) mass is 388 g/mol. The first-order valence-corrected chi connectivity index (χ1v) is 8.34. The van der Waals surface area contributed by atoms with Crippen molar-refractivity contribution in [2.75, 3.05) is 0 Å². The molecule has 132 valence electrons. The standard InChI is InChI=1S/C18H14Cl2N4O2/c1-10(11-3-2-4-13(25)7-11)21-24-18(26)17-9-16(22-23-17)12-5-6-14(19)15(20)8-12/h2-9,25H,1H3,(H,22,23)(H,24,26). The van der Waals surface area contributed by atoms with Crippen LogP contribution in [0.25, 0.3) is 11.3 Å². The molecule has 2 aromatic carbocycles. The van der Waals surface area contributed by atoms with E-state index < -0.39 is 5.91 Å². The molecule has 3 N–H and O–H groups in total. The average molecular weight is 389 g/mol. The van der Waals surface area contributed by atoms with Crippen LogP contribution in [-0.4, -0.2) is 26.9 Å². The van der Waals surface area contributed by atoms with Crippen molar-refractivity contribution in [2.45, 2.75) is 6.92 Å². The summed E-state index contributed by atoms with van der Waals surface area (Å²) >= 11 is 11.9. The first-order valence-electron chi connectivity index (χ1n) is 7.59. The van der Waals surface area contributed by atoms with Gasteiger partial charge in [0.15, 0.2) is 0 Å². The zero-order valence-electron chi connectivity index (χ0n) is 13.6. The molecule has 0 aliphatic carbocycles. The van der Waals surface area contributed by atoms with Gasteiger partial charge in [0, 0.05) is 11.1 Å². The summed E-state index contributed by atoms with van der Waals surface area (Å²) in [6, 6.07) is 13.3. The van der Waals surface area contributed by atoms with E-state index in [1.807, 2.05) is 0 Å². The number of aromatic hydroxyl groups is 1. The number of aromatic nitrogens is 2. The fourth-order valence-electron chi connectivity index (χ4n) is 2.23. The van der Waals surface area contributed by atoms with E-state index in [9.17, 15) is 9.90 Å². The summed E-state index contributed by atoms with van der Waals surface area (Å²) in [5.74, 6) is -0.313. The van der Waals surface area contributed by atoms with E-state index in [0.29, 0.717) is 27.0 Å². The molecule has 0 saturated heterocycles. The predicted octanol–water partition coefficient (Wildman–Crippen LogP) is 4.24. The second-order valence-corrected chi connectivity index (χ2v) is 6.30. The topological polar surface area (TPSA) is 90.4 Å². The lowest BCUT2D eigenvalue weighted by Crippen LogP contribution is -2.19. The molecule has 0 spiro atoms. The molecule has 0 fully saturated rings. The van der Waals surface area contributed by atoms with Gasteiger partial charge < -0.3 is 5.11 Å². The number of amides is 1. The molecule has 0 aliphatic heterocycles. The Kier molecular flexibility index (Phi) is 5.25. The summed E-state index contributed by atoms with van der Waals surface area (Å²) in [4.78, 5) is 12.2. The minimum absolute atomic E-state index is 0.128. The van der Waals surface area contributed by atoms with Crippen molar-refractivity contribution in [2.24, 2.45) is 5.10 Å². The Labute approximate surface area is 159 Å². The first-order chi connectivity index (χ1) is 12.4. The van der Waals surface area contributed by atoms with E-state index in [-0.39, 0.29) is 11.4 Å². The number of halogens is 2. The smallest absolute Gasteiger partial charge is 0.289 e. The number of hydrazone groups is 1. The summed E-state index contributed by atoms with van der Waals surface area (Å²) in [7, 11) is 0. The van der Waals surface area contributed by atoms with Crippen molar-refractivity contribution in [1.29, 1.82) is 0 Å². The molecule has 8 heteroatoms. The lowest BCUT2D eigenvalue weighted by Gasteiger charge is -2.02. The second-order valence-electron chi connectivity index (χ2n) is 5.48. The zero-order valence-corrected chi connectivity index (χ0v) is 15.1. The Morgan fingerprint density at radius 2 is 1.96 bits per heavy atom. The van der Waals surface area contributed by atoms with Crippen molar-refractivity contribution in [3.63, 3.8) is 0 Å². The number of phenols is 1. The Morgan fingerprint density at radius 3 is 2.69 bits per heavy atom. The van der Waals surface area contributed by atoms with Crippen LogP contribution >= 0.6 is 23.2 Å². The summed E-state index contributed by atoms with van der Waals surface area (Å²) in [6.45, 7) is 1.73. The van der Waals surface area contributed by atoms with Crippen molar-refractivity contribution in [3.05, 3.63) is 69.8 Å². The number of carbonyl (C=O) groups is 1. The van der Waals surface area contributed by atoms with Gasteiger partial charge in [-0.05, 0) is 37.3 Å². The van der Waals surface area contributed by atoms with Crippen LogP contribution in [0.3, 0.4) is 0 Å². The second kappa shape index (κ2) is 7.59. The van der Waals surface area contributed by atoms with Gasteiger partial charge >= 0.3 is 0 Å². The molecule has 0 atom stereocenters. The number of H-pyrrole nitrogens is 1. The number of hydrogen-bond donors (Lipinski definition) is 3. The fraction of sp³-hybridized carbons (Fsp3) is 0.0556. The maximum atomic E-state index is 12.2. The van der Waals surface area contributed by atoms with E-state index in [1.165, 1.54) is 0 Å². The van der Waals surface area contributed by atoms with E-state index >= 15 is 0 Å². The molecule has 3 aromatic rings. The van der Waals surface area contributed by atoms with Gasteiger partial charge in [-0.15, -0.1) is 0 Å². The van der Waals surface area contributed by atoms with Crippen molar-refractivity contribution in [3.8, 4) is 17.0 Å². The molecular weight excluding hydrogens is 375 g/mol. The zero-order chi connectivity index (χ0) is 18.7. The van der Waals surface area contributed by atoms with Crippen molar-refractivity contribution in [1.82, 2.24) is 15.6 Å². The molecule has 6 nitrogen and oxygen atoms in total. The first kappa shape index (κ1) is 18.0. The summed E-state index contributed by atoms with van der Waals surface area (Å²) < 4.78 is 0. The SMILES string of the molecule is CC(=NNC(=O)c1cc(-c2ccc(Cl)c(Cl)c2)n[nH]1)c1cccc(O)c1. The maximum Gasteiger partial charge on any atom is 0.289 e. The predicted molar refractivity (Wildman–Crippen MR) is 102 cm³/mol. The molecular formula is C18H14Cl2N4O2. The van der Waals surface area contributed by atoms with Crippen LogP contribution < -0.4 is 5.43 Å². The highest BCUT2D eigenvalue weighted by Gasteiger charge is 2.12. The quantitative estimate of drug-likeness (QED) is 0.460. The third-order valence-corrected chi connectivity index (χ3v) is 4.37. The Balaban J connectivity index is 1.74. The third-order valence-electron chi connectivity index (χ3n) is 3.63. The highest BCUT2D eigenvalue weighted by Crippen LogP contribution is 2.27. The normalized spacial score (nSPS) is 11.4. The van der Waals surface area contributed by atoms with Crippen LogP contribution in [0.15, 0.2) is 53.6 Å². The summed E-state index contributed by atoms with van der Waals surface area (Å²) in [5.41, 5.74) is 5.24. The van der Waals surface area contributed by atoms with Crippen molar-refractivity contribution >= 4 is 34.8 Å². The number of hydrogen-bond acceptors (Lipinski definition) is 4. The minimum Gasteiger partial charge on any atom is -0.508 e. The van der Waals surface area contributed by atoms with Crippen LogP contribution in [0.4, 0.5) is 0 Å². The van der Waals surface area contributed by atoms with E-state index in [0.717, 1.165) is 5.56 Å². The minimum atomic E-state index is -0.441. The van der Waals surface area contributed by atoms with Gasteiger partial charge in [-0.25, -0.2) is 5.43 Å². The molecule has 3 rings (SSSR count). The Morgan fingerprint density at radius 1 is 1.15 bits per heavy atom. The number of nitrogens with zero attached hydrogens (tertiary/aromatic N) is 2. The lowest BCUT2D eigenvalue weighted by atomic mass is 10.1. The van der Waals surface area contributed by atoms with Crippen LogP contribution in [0.1, 0.15) is 23.0 Å². The number of rotatable bonds is 4. The largest absolute Gasteiger partial charge is 0.508 e. The van der Waals surface area contributed by atoms with Gasteiger partial charge in [0.1, 0.15) is 11.4 Å². The van der Waals surface area contributed by atoms with E-state index in [4.69, 9.17) is 23.2 Å². The molecule has 0 saturated carbocycles.